The minimum atomic E-state index is -0.660. The van der Waals surface area contributed by atoms with Gasteiger partial charge in [0.2, 0.25) is 5.91 Å². The lowest BCUT2D eigenvalue weighted by Crippen LogP contribution is -2.30. The highest BCUT2D eigenvalue weighted by atomic mass is 16.2. The van der Waals surface area contributed by atoms with E-state index in [1.165, 1.54) is 0 Å². The molecule has 0 spiro atoms. The zero-order valence-electron chi connectivity index (χ0n) is 8.57. The summed E-state index contributed by atoms with van der Waals surface area (Å²) in [6.07, 6.45) is 0.760. The zero-order valence-corrected chi connectivity index (χ0v) is 8.57. The molecule has 3 nitrogen and oxygen atoms in total. The number of hydrogen-bond acceptors (Lipinski definition) is 2. The Labute approximate surface area is 88.3 Å². The van der Waals surface area contributed by atoms with Crippen LogP contribution in [-0.4, -0.2) is 11.7 Å². The molecule has 1 aromatic carbocycles. The molecule has 0 heterocycles. The monoisotopic (exact) mass is 203 g/mol. The van der Waals surface area contributed by atoms with E-state index in [-0.39, 0.29) is 11.7 Å². The highest BCUT2D eigenvalue weighted by molar-refractivity contribution is 6.14. The van der Waals surface area contributed by atoms with E-state index in [4.69, 9.17) is 5.73 Å². The Bertz CT molecular complexity index is 425. The number of benzene rings is 1. The molecule has 0 aliphatic heterocycles. The highest BCUT2D eigenvalue weighted by Crippen LogP contribution is 2.39. The van der Waals surface area contributed by atoms with Crippen molar-refractivity contribution >= 4 is 11.7 Å². The molecule has 78 valence electrons. The first kappa shape index (κ1) is 9.90. The molecule has 1 amide bonds. The van der Waals surface area contributed by atoms with Crippen LogP contribution >= 0.6 is 0 Å². The van der Waals surface area contributed by atoms with Gasteiger partial charge < -0.3 is 5.73 Å². The molecule has 0 fully saturated rings. The Morgan fingerprint density at radius 1 is 1.40 bits per heavy atom. The second-order valence-corrected chi connectivity index (χ2v) is 3.85. The lowest BCUT2D eigenvalue weighted by Gasteiger charge is -2.13. The van der Waals surface area contributed by atoms with Crippen LogP contribution in [0.15, 0.2) is 24.3 Å². The minimum absolute atomic E-state index is 0.0359. The number of primary amides is 1. The summed E-state index contributed by atoms with van der Waals surface area (Å²) >= 11 is 0. The molecule has 0 bridgehead atoms. The van der Waals surface area contributed by atoms with Crippen LogP contribution in [-0.2, 0) is 4.79 Å². The first-order valence-electron chi connectivity index (χ1n) is 5.09. The lowest BCUT2D eigenvalue weighted by atomic mass is 9.89. The van der Waals surface area contributed by atoms with E-state index in [9.17, 15) is 9.59 Å². The van der Waals surface area contributed by atoms with Gasteiger partial charge in [-0.05, 0) is 12.0 Å². The van der Waals surface area contributed by atoms with Gasteiger partial charge in [0.15, 0.2) is 5.78 Å². The summed E-state index contributed by atoms with van der Waals surface area (Å²) in [5, 5.41) is 0. The Balaban J connectivity index is 2.53. The predicted molar refractivity (Wildman–Crippen MR) is 56.5 cm³/mol. The minimum Gasteiger partial charge on any atom is -0.369 e. The normalized spacial score (nSPS) is 23.9. The SMILES string of the molecule is CC[C@@H]1c2ccccc2C(=O)[C@@H]1C(N)=O. The van der Waals surface area contributed by atoms with Crippen molar-refractivity contribution in [1.29, 1.82) is 0 Å². The average molecular weight is 203 g/mol. The summed E-state index contributed by atoms with van der Waals surface area (Å²) in [4.78, 5) is 23.2. The van der Waals surface area contributed by atoms with Crippen LogP contribution in [0.1, 0.15) is 35.2 Å². The van der Waals surface area contributed by atoms with E-state index in [1.54, 1.807) is 6.07 Å². The van der Waals surface area contributed by atoms with Crippen molar-refractivity contribution in [2.45, 2.75) is 19.3 Å². The van der Waals surface area contributed by atoms with Crippen molar-refractivity contribution in [2.24, 2.45) is 11.7 Å². The lowest BCUT2D eigenvalue weighted by molar-refractivity contribution is -0.120. The average Bonchev–Trinajstić information content (AvgIpc) is 2.52. The zero-order chi connectivity index (χ0) is 11.0. The molecule has 1 aliphatic rings. The third-order valence-electron chi connectivity index (χ3n) is 3.06. The molecule has 0 saturated heterocycles. The Morgan fingerprint density at radius 3 is 2.67 bits per heavy atom. The van der Waals surface area contributed by atoms with Crippen molar-refractivity contribution in [2.75, 3.05) is 0 Å². The largest absolute Gasteiger partial charge is 0.369 e. The fourth-order valence-corrected chi connectivity index (χ4v) is 2.36. The van der Waals surface area contributed by atoms with E-state index in [2.05, 4.69) is 0 Å². The van der Waals surface area contributed by atoms with Gasteiger partial charge in [0.25, 0.3) is 0 Å². The third kappa shape index (κ3) is 1.35. The number of amides is 1. The van der Waals surface area contributed by atoms with Gasteiger partial charge in [-0.1, -0.05) is 31.2 Å². The summed E-state index contributed by atoms with van der Waals surface area (Å²) in [5.41, 5.74) is 6.90. The molecular formula is C12H13NO2. The maximum absolute atomic E-state index is 11.9. The fourth-order valence-electron chi connectivity index (χ4n) is 2.36. The smallest absolute Gasteiger partial charge is 0.229 e. The first-order chi connectivity index (χ1) is 7.16. The molecule has 0 radical (unpaired) electrons. The standard InChI is InChI=1S/C12H13NO2/c1-2-7-8-5-3-4-6-9(8)11(14)10(7)12(13)15/h3-7,10H,2H2,1H3,(H2,13,15)/t7-,10-/m1/s1. The van der Waals surface area contributed by atoms with E-state index in [0.717, 1.165) is 12.0 Å². The number of carbonyl (C=O) groups excluding carboxylic acids is 2. The number of nitrogens with two attached hydrogens (primary N) is 1. The van der Waals surface area contributed by atoms with Gasteiger partial charge in [-0.25, -0.2) is 0 Å². The summed E-state index contributed by atoms with van der Waals surface area (Å²) in [6, 6.07) is 7.37. The fraction of sp³-hybridized carbons (Fsp3) is 0.333. The summed E-state index contributed by atoms with van der Waals surface area (Å²) in [7, 11) is 0. The van der Waals surface area contributed by atoms with E-state index < -0.39 is 11.8 Å². The summed E-state index contributed by atoms with van der Waals surface area (Å²) in [5.74, 6) is -1.33. The van der Waals surface area contributed by atoms with Crippen molar-refractivity contribution < 1.29 is 9.59 Å². The number of rotatable bonds is 2. The predicted octanol–water partition coefficient (Wildman–Crippen LogP) is 1.48. The van der Waals surface area contributed by atoms with Crippen LogP contribution in [0.2, 0.25) is 0 Å². The van der Waals surface area contributed by atoms with Crippen LogP contribution < -0.4 is 5.73 Å². The molecule has 1 aliphatic carbocycles. The van der Waals surface area contributed by atoms with Crippen molar-refractivity contribution in [3.8, 4) is 0 Å². The summed E-state index contributed by atoms with van der Waals surface area (Å²) < 4.78 is 0. The van der Waals surface area contributed by atoms with E-state index in [0.29, 0.717) is 5.56 Å². The molecule has 2 N–H and O–H groups in total. The third-order valence-corrected chi connectivity index (χ3v) is 3.06. The summed E-state index contributed by atoms with van der Waals surface area (Å²) in [6.45, 7) is 1.97. The topological polar surface area (TPSA) is 60.2 Å². The molecule has 0 saturated carbocycles. The van der Waals surface area contributed by atoms with E-state index >= 15 is 0 Å². The van der Waals surface area contributed by atoms with Gasteiger partial charge in [-0.2, -0.15) is 0 Å². The van der Waals surface area contributed by atoms with Gasteiger partial charge in [-0.15, -0.1) is 0 Å². The molecule has 1 aromatic rings. The van der Waals surface area contributed by atoms with Gasteiger partial charge >= 0.3 is 0 Å². The Morgan fingerprint density at radius 2 is 2.07 bits per heavy atom. The Kier molecular flexibility index (Phi) is 2.31. The second kappa shape index (κ2) is 3.50. The number of hydrogen-bond donors (Lipinski definition) is 1. The van der Waals surface area contributed by atoms with Crippen molar-refractivity contribution in [3.05, 3.63) is 35.4 Å². The van der Waals surface area contributed by atoms with Crippen LogP contribution in [0.3, 0.4) is 0 Å². The maximum Gasteiger partial charge on any atom is 0.229 e. The number of Topliss-reactive ketones (excluding diaryl/α,β-unsaturated/α-hetero) is 1. The van der Waals surface area contributed by atoms with Gasteiger partial charge in [-0.3, -0.25) is 9.59 Å². The Hall–Kier alpha value is -1.64. The van der Waals surface area contributed by atoms with E-state index in [1.807, 2.05) is 25.1 Å². The molecule has 15 heavy (non-hydrogen) atoms. The molecule has 0 aromatic heterocycles. The van der Waals surface area contributed by atoms with Crippen LogP contribution in [0, 0.1) is 5.92 Å². The van der Waals surface area contributed by atoms with Gasteiger partial charge in [0.05, 0.1) is 0 Å². The van der Waals surface area contributed by atoms with Crippen LogP contribution in [0.25, 0.3) is 0 Å². The van der Waals surface area contributed by atoms with Crippen molar-refractivity contribution in [3.63, 3.8) is 0 Å². The number of carbonyl (C=O) groups is 2. The second-order valence-electron chi connectivity index (χ2n) is 3.85. The van der Waals surface area contributed by atoms with Crippen molar-refractivity contribution in [1.82, 2.24) is 0 Å². The molecule has 0 unspecified atom stereocenters. The van der Waals surface area contributed by atoms with Gasteiger partial charge in [0, 0.05) is 11.5 Å². The van der Waals surface area contributed by atoms with Crippen LogP contribution in [0.4, 0.5) is 0 Å². The number of ketones is 1. The molecule has 2 atom stereocenters. The number of fused-ring (bicyclic) bond motifs is 1. The van der Waals surface area contributed by atoms with Crippen LogP contribution in [0.5, 0.6) is 0 Å². The van der Waals surface area contributed by atoms with Gasteiger partial charge in [0.1, 0.15) is 5.92 Å². The molecule has 3 heteroatoms. The molecular weight excluding hydrogens is 190 g/mol. The molecule has 2 rings (SSSR count). The highest BCUT2D eigenvalue weighted by Gasteiger charge is 2.41. The maximum atomic E-state index is 11.9. The quantitative estimate of drug-likeness (QED) is 0.740. The first-order valence-corrected chi connectivity index (χ1v) is 5.09.